The number of hydrogen-bond donors (Lipinski definition) is 2. The van der Waals surface area contributed by atoms with Crippen LogP contribution in [0.25, 0.3) is 0 Å². The highest BCUT2D eigenvalue weighted by atomic mass is 16.5. The largest absolute Gasteiger partial charge is 0.455 e. The normalized spacial score (nSPS) is 31.5. The van der Waals surface area contributed by atoms with Gasteiger partial charge in [0.25, 0.3) is 0 Å². The summed E-state index contributed by atoms with van der Waals surface area (Å²) < 4.78 is 11.2. The van der Waals surface area contributed by atoms with Gasteiger partial charge in [-0.05, 0) is 39.2 Å². The summed E-state index contributed by atoms with van der Waals surface area (Å²) in [4.78, 5) is 11.3. The van der Waals surface area contributed by atoms with Crippen molar-refractivity contribution < 1.29 is 24.5 Å². The van der Waals surface area contributed by atoms with Gasteiger partial charge >= 0.3 is 5.97 Å². The number of carbonyl (C=O) groups excluding carboxylic acids is 1. The number of aliphatic hydroxyl groups excluding tert-OH is 2. The molecule has 1 fully saturated rings. The lowest BCUT2D eigenvalue weighted by Crippen LogP contribution is -2.46. The van der Waals surface area contributed by atoms with Crippen LogP contribution in [-0.4, -0.2) is 46.7 Å². The average Bonchev–Trinajstić information content (AvgIpc) is 2.75. The molecule has 2 rings (SSSR count). The molecular weight excluding hydrogens is 416 g/mol. The van der Waals surface area contributed by atoms with Crippen LogP contribution in [0.3, 0.4) is 0 Å². The van der Waals surface area contributed by atoms with Crippen molar-refractivity contribution in [1.29, 1.82) is 0 Å². The van der Waals surface area contributed by atoms with E-state index in [-0.39, 0.29) is 24.1 Å². The van der Waals surface area contributed by atoms with Gasteiger partial charge in [-0.1, -0.05) is 73.6 Å². The van der Waals surface area contributed by atoms with Crippen molar-refractivity contribution in [2.24, 2.45) is 11.8 Å². The minimum absolute atomic E-state index is 0.0122. The molecule has 33 heavy (non-hydrogen) atoms. The highest BCUT2D eigenvalue weighted by molar-refractivity contribution is 5.82. The second kappa shape index (κ2) is 13.5. The third-order valence-electron chi connectivity index (χ3n) is 6.04. The van der Waals surface area contributed by atoms with Crippen LogP contribution in [0.2, 0.25) is 0 Å². The molecule has 1 saturated heterocycles. The monoisotopic (exact) mass is 456 g/mol. The standard InChI is InChI=1S/C28H40O5/c1-6-9-26-22(5)25(30)18-27(33-26)24(29)12-7-10-19(2)16-21(4)17-20(3)14-15-23-11-8-13-28(31)32-23/h6-10,12-15,17,21-27,29-30H,11,16,18H2,1-5H3/b9-6+,12-7+,15-14+,19-10+,20-17-/t21-,22+,23-,24-,25-,26+,27+/m0/s1. The molecule has 2 aliphatic heterocycles. The minimum Gasteiger partial charge on any atom is -0.455 e. The Morgan fingerprint density at radius 2 is 2.06 bits per heavy atom. The lowest BCUT2D eigenvalue weighted by atomic mass is 9.88. The van der Waals surface area contributed by atoms with Gasteiger partial charge in [0.1, 0.15) is 6.10 Å². The van der Waals surface area contributed by atoms with E-state index in [1.807, 2.05) is 63.3 Å². The molecule has 0 spiro atoms. The summed E-state index contributed by atoms with van der Waals surface area (Å²) in [6.45, 7) is 10.2. The first-order valence-electron chi connectivity index (χ1n) is 11.9. The highest BCUT2D eigenvalue weighted by Gasteiger charge is 2.35. The van der Waals surface area contributed by atoms with Crippen molar-refractivity contribution in [3.8, 4) is 0 Å². The SMILES string of the molecule is C/C=C/[C@H]1O[C@@H]([C@@H](O)/C=C/C=C(\C)C[C@H](C)/C=C(C)\C=C\[C@@H]2CC=CC(=O)O2)C[C@H](O)[C@H]1C. The molecule has 7 atom stereocenters. The maximum atomic E-state index is 11.3. The van der Waals surface area contributed by atoms with E-state index in [4.69, 9.17) is 9.47 Å². The lowest BCUT2D eigenvalue weighted by molar-refractivity contribution is -0.141. The number of hydrogen-bond acceptors (Lipinski definition) is 5. The fraction of sp³-hybridized carbons (Fsp3) is 0.536. The van der Waals surface area contributed by atoms with E-state index in [9.17, 15) is 15.0 Å². The first-order valence-corrected chi connectivity index (χ1v) is 11.9. The van der Waals surface area contributed by atoms with Crippen LogP contribution in [0.1, 0.15) is 53.9 Å². The number of rotatable bonds is 9. The average molecular weight is 457 g/mol. The molecule has 0 amide bonds. The third-order valence-corrected chi connectivity index (χ3v) is 6.04. The van der Waals surface area contributed by atoms with Crippen LogP contribution in [0.15, 0.2) is 71.9 Å². The zero-order valence-corrected chi connectivity index (χ0v) is 20.6. The summed E-state index contributed by atoms with van der Waals surface area (Å²) in [5, 5.41) is 20.8. The fourth-order valence-corrected chi connectivity index (χ4v) is 4.19. The first-order chi connectivity index (χ1) is 15.7. The molecule has 0 radical (unpaired) electrons. The Morgan fingerprint density at radius 3 is 2.76 bits per heavy atom. The van der Waals surface area contributed by atoms with Gasteiger partial charge in [-0.25, -0.2) is 4.79 Å². The first kappa shape index (κ1) is 27.0. The van der Waals surface area contributed by atoms with Crippen LogP contribution in [0.4, 0.5) is 0 Å². The molecule has 5 heteroatoms. The van der Waals surface area contributed by atoms with E-state index in [0.29, 0.717) is 18.8 Å². The number of allylic oxidation sites excluding steroid dienone is 7. The molecule has 2 aliphatic rings. The van der Waals surface area contributed by atoms with Gasteiger partial charge in [-0.2, -0.15) is 0 Å². The smallest absolute Gasteiger partial charge is 0.331 e. The number of esters is 1. The van der Waals surface area contributed by atoms with Gasteiger partial charge in [-0.3, -0.25) is 0 Å². The zero-order chi connectivity index (χ0) is 24.4. The van der Waals surface area contributed by atoms with E-state index in [0.717, 1.165) is 12.0 Å². The van der Waals surface area contributed by atoms with Crippen molar-refractivity contribution in [3.63, 3.8) is 0 Å². The summed E-state index contributed by atoms with van der Waals surface area (Å²) in [6, 6.07) is 0. The van der Waals surface area contributed by atoms with E-state index >= 15 is 0 Å². The lowest BCUT2D eigenvalue weighted by Gasteiger charge is -2.38. The molecule has 2 N–H and O–H groups in total. The van der Waals surface area contributed by atoms with Crippen LogP contribution in [-0.2, 0) is 14.3 Å². The summed E-state index contributed by atoms with van der Waals surface area (Å²) in [7, 11) is 0. The van der Waals surface area contributed by atoms with E-state index in [1.54, 1.807) is 6.08 Å². The summed E-state index contributed by atoms with van der Waals surface area (Å²) in [5.74, 6) is 0.0688. The molecule has 0 aliphatic carbocycles. The van der Waals surface area contributed by atoms with E-state index < -0.39 is 18.3 Å². The Hall–Kier alpha value is -2.21. The Morgan fingerprint density at radius 1 is 1.30 bits per heavy atom. The maximum Gasteiger partial charge on any atom is 0.331 e. The third kappa shape index (κ3) is 9.28. The van der Waals surface area contributed by atoms with Crippen LogP contribution < -0.4 is 0 Å². The predicted molar refractivity (Wildman–Crippen MR) is 132 cm³/mol. The number of carbonyl (C=O) groups is 1. The summed E-state index contributed by atoms with van der Waals surface area (Å²) in [6.07, 6.45) is 18.9. The molecule has 0 bridgehead atoms. The number of cyclic esters (lactones) is 1. The molecule has 2 heterocycles. The summed E-state index contributed by atoms with van der Waals surface area (Å²) >= 11 is 0. The molecule has 0 aromatic rings. The van der Waals surface area contributed by atoms with Gasteiger partial charge in [0.15, 0.2) is 0 Å². The topological polar surface area (TPSA) is 76.0 Å². The van der Waals surface area contributed by atoms with Crippen molar-refractivity contribution in [3.05, 3.63) is 71.9 Å². The number of ether oxygens (including phenoxy) is 2. The second-order valence-electron chi connectivity index (χ2n) is 9.28. The molecule has 0 unspecified atom stereocenters. The quantitative estimate of drug-likeness (QED) is 0.291. The van der Waals surface area contributed by atoms with Crippen molar-refractivity contribution in [2.45, 2.75) is 84.4 Å². The van der Waals surface area contributed by atoms with Crippen molar-refractivity contribution >= 4 is 5.97 Å². The highest BCUT2D eigenvalue weighted by Crippen LogP contribution is 2.28. The Bertz CT molecular complexity index is 816. The molecule has 0 aromatic heterocycles. The fourth-order valence-electron chi connectivity index (χ4n) is 4.19. The van der Waals surface area contributed by atoms with Crippen molar-refractivity contribution in [2.75, 3.05) is 0 Å². The Kier molecular flexibility index (Phi) is 11.0. The predicted octanol–water partition coefficient (Wildman–Crippen LogP) is 4.98. The summed E-state index contributed by atoms with van der Waals surface area (Å²) in [5.41, 5.74) is 2.33. The van der Waals surface area contributed by atoms with Crippen molar-refractivity contribution in [1.82, 2.24) is 0 Å². The molecule has 182 valence electrons. The van der Waals surface area contributed by atoms with Gasteiger partial charge in [0.2, 0.25) is 0 Å². The second-order valence-corrected chi connectivity index (χ2v) is 9.28. The van der Waals surface area contributed by atoms with Gasteiger partial charge in [-0.15, -0.1) is 0 Å². The zero-order valence-electron chi connectivity index (χ0n) is 20.6. The molecule has 5 nitrogen and oxygen atoms in total. The number of aliphatic hydroxyl groups is 2. The van der Waals surface area contributed by atoms with Crippen LogP contribution >= 0.6 is 0 Å². The molecular formula is C28H40O5. The van der Waals surface area contributed by atoms with Gasteiger partial charge in [0, 0.05) is 24.8 Å². The van der Waals surface area contributed by atoms with E-state index in [2.05, 4.69) is 19.9 Å². The maximum absolute atomic E-state index is 11.3. The van der Waals surface area contributed by atoms with Gasteiger partial charge < -0.3 is 19.7 Å². The minimum atomic E-state index is -0.766. The molecule has 0 saturated carbocycles. The van der Waals surface area contributed by atoms with E-state index in [1.165, 1.54) is 11.6 Å². The molecule has 0 aromatic carbocycles. The Balaban J connectivity index is 1.85. The Labute approximate surface area is 198 Å². The van der Waals surface area contributed by atoms with Crippen LogP contribution in [0.5, 0.6) is 0 Å². The van der Waals surface area contributed by atoms with Crippen LogP contribution in [0, 0.1) is 11.8 Å². The van der Waals surface area contributed by atoms with Gasteiger partial charge in [0.05, 0.1) is 24.4 Å².